The van der Waals surface area contributed by atoms with Crippen molar-refractivity contribution in [3.05, 3.63) is 59.7 Å². The highest BCUT2D eigenvalue weighted by atomic mass is 32.2. The standard InChI is InChI=1S/C21H22N2O2S2/c1-14-11-23(12-15(2)25-14)20(24)17-9-7-16(8-10-17)13-26-21-22-18-5-3-4-6-19(18)27-21/h3-10,14-15H,11-13H2,1-2H3. The zero-order valence-electron chi connectivity index (χ0n) is 15.4. The molecule has 2 heterocycles. The van der Waals surface area contributed by atoms with Crippen LogP contribution in [0.4, 0.5) is 0 Å². The molecule has 1 aliphatic rings. The van der Waals surface area contributed by atoms with Gasteiger partial charge in [-0.25, -0.2) is 4.98 Å². The van der Waals surface area contributed by atoms with Gasteiger partial charge in [0.1, 0.15) is 0 Å². The molecule has 4 rings (SSSR count). The molecule has 6 heteroatoms. The molecule has 4 nitrogen and oxygen atoms in total. The molecule has 0 radical (unpaired) electrons. The molecule has 0 bridgehead atoms. The van der Waals surface area contributed by atoms with Crippen molar-refractivity contribution in [2.75, 3.05) is 13.1 Å². The quantitative estimate of drug-likeness (QED) is 0.590. The van der Waals surface area contributed by atoms with Crippen LogP contribution in [-0.4, -0.2) is 41.1 Å². The zero-order chi connectivity index (χ0) is 18.8. The minimum atomic E-state index is 0.0854. The molecular formula is C21H22N2O2S2. The number of thiazole rings is 1. The van der Waals surface area contributed by atoms with Crippen molar-refractivity contribution in [1.82, 2.24) is 9.88 Å². The number of ether oxygens (including phenoxy) is 1. The minimum absolute atomic E-state index is 0.0854. The topological polar surface area (TPSA) is 42.4 Å². The lowest BCUT2D eigenvalue weighted by atomic mass is 10.1. The third-order valence-electron chi connectivity index (χ3n) is 4.54. The zero-order valence-corrected chi connectivity index (χ0v) is 17.1. The maximum absolute atomic E-state index is 12.7. The fraction of sp³-hybridized carbons (Fsp3) is 0.333. The predicted molar refractivity (Wildman–Crippen MR) is 112 cm³/mol. The maximum atomic E-state index is 12.7. The van der Waals surface area contributed by atoms with Crippen LogP contribution in [-0.2, 0) is 10.5 Å². The number of thioether (sulfide) groups is 1. The lowest BCUT2D eigenvalue weighted by Gasteiger charge is -2.35. The van der Waals surface area contributed by atoms with Crippen molar-refractivity contribution in [3.63, 3.8) is 0 Å². The Hall–Kier alpha value is -1.89. The number of para-hydroxylation sites is 1. The molecule has 1 saturated heterocycles. The predicted octanol–water partition coefficient (Wildman–Crippen LogP) is 4.84. The molecule has 1 fully saturated rings. The van der Waals surface area contributed by atoms with Gasteiger partial charge in [-0.1, -0.05) is 36.0 Å². The van der Waals surface area contributed by atoms with Gasteiger partial charge in [0.15, 0.2) is 4.34 Å². The molecular weight excluding hydrogens is 376 g/mol. The second-order valence-electron chi connectivity index (χ2n) is 6.90. The molecule has 0 N–H and O–H groups in total. The van der Waals surface area contributed by atoms with Crippen molar-refractivity contribution < 1.29 is 9.53 Å². The van der Waals surface area contributed by atoms with Crippen LogP contribution in [0.5, 0.6) is 0 Å². The van der Waals surface area contributed by atoms with Gasteiger partial charge >= 0.3 is 0 Å². The average molecular weight is 399 g/mol. The van der Waals surface area contributed by atoms with Crippen LogP contribution in [0.15, 0.2) is 52.9 Å². The third kappa shape index (κ3) is 4.34. The number of morpholine rings is 1. The molecule has 0 aliphatic carbocycles. The Morgan fingerprint density at radius 2 is 1.85 bits per heavy atom. The van der Waals surface area contributed by atoms with Gasteiger partial charge in [-0.3, -0.25) is 4.79 Å². The number of hydrogen-bond donors (Lipinski definition) is 0. The second kappa shape index (κ2) is 8.00. The van der Waals surface area contributed by atoms with Crippen LogP contribution in [0, 0.1) is 0 Å². The monoisotopic (exact) mass is 398 g/mol. The van der Waals surface area contributed by atoms with E-state index in [1.165, 1.54) is 10.3 Å². The van der Waals surface area contributed by atoms with Crippen LogP contribution in [0.2, 0.25) is 0 Å². The Balaban J connectivity index is 1.39. The molecule has 1 amide bonds. The van der Waals surface area contributed by atoms with E-state index in [4.69, 9.17) is 4.74 Å². The summed E-state index contributed by atoms with van der Waals surface area (Å²) in [6, 6.07) is 16.2. The Bertz CT molecular complexity index is 896. The summed E-state index contributed by atoms with van der Waals surface area (Å²) in [5, 5.41) is 0. The van der Waals surface area contributed by atoms with E-state index >= 15 is 0 Å². The highest BCUT2D eigenvalue weighted by Crippen LogP contribution is 2.31. The fourth-order valence-corrected chi connectivity index (χ4v) is 5.35. The molecule has 0 spiro atoms. The smallest absolute Gasteiger partial charge is 0.254 e. The van der Waals surface area contributed by atoms with Crippen molar-refractivity contribution in [2.24, 2.45) is 0 Å². The first-order valence-corrected chi connectivity index (χ1v) is 10.9. The Kier molecular flexibility index (Phi) is 5.48. The summed E-state index contributed by atoms with van der Waals surface area (Å²) >= 11 is 3.46. The van der Waals surface area contributed by atoms with Crippen molar-refractivity contribution >= 4 is 39.2 Å². The van der Waals surface area contributed by atoms with Crippen LogP contribution in [0.25, 0.3) is 10.2 Å². The van der Waals surface area contributed by atoms with E-state index in [0.29, 0.717) is 13.1 Å². The second-order valence-corrected chi connectivity index (χ2v) is 9.15. The number of carbonyl (C=O) groups is 1. The fourth-order valence-electron chi connectivity index (χ4n) is 3.33. The van der Waals surface area contributed by atoms with Crippen LogP contribution < -0.4 is 0 Å². The summed E-state index contributed by atoms with van der Waals surface area (Å²) in [6.07, 6.45) is 0.171. The normalized spacial score (nSPS) is 20.1. The highest BCUT2D eigenvalue weighted by molar-refractivity contribution is 8.00. The van der Waals surface area contributed by atoms with Gasteiger partial charge in [-0.2, -0.15) is 0 Å². The van der Waals surface area contributed by atoms with E-state index in [2.05, 4.69) is 11.1 Å². The van der Waals surface area contributed by atoms with Crippen LogP contribution in [0.3, 0.4) is 0 Å². The molecule has 27 heavy (non-hydrogen) atoms. The molecule has 1 aromatic heterocycles. The lowest BCUT2D eigenvalue weighted by molar-refractivity contribution is -0.0586. The van der Waals surface area contributed by atoms with E-state index in [0.717, 1.165) is 21.2 Å². The summed E-state index contributed by atoms with van der Waals surface area (Å²) in [7, 11) is 0. The number of rotatable bonds is 4. The molecule has 1 aliphatic heterocycles. The number of fused-ring (bicyclic) bond motifs is 1. The average Bonchev–Trinajstić information content (AvgIpc) is 3.08. The number of nitrogens with zero attached hydrogens (tertiary/aromatic N) is 2. The van der Waals surface area contributed by atoms with Crippen LogP contribution >= 0.6 is 23.1 Å². The first-order chi connectivity index (χ1) is 13.1. The number of aromatic nitrogens is 1. The van der Waals surface area contributed by atoms with E-state index in [1.54, 1.807) is 23.1 Å². The summed E-state index contributed by atoms with van der Waals surface area (Å²) in [5.74, 6) is 0.933. The largest absolute Gasteiger partial charge is 0.372 e. The summed E-state index contributed by atoms with van der Waals surface area (Å²) in [5.41, 5.74) is 2.99. The van der Waals surface area contributed by atoms with Gasteiger partial charge in [-0.15, -0.1) is 11.3 Å². The van der Waals surface area contributed by atoms with E-state index in [1.807, 2.05) is 61.2 Å². The first-order valence-electron chi connectivity index (χ1n) is 9.10. The molecule has 2 aromatic carbocycles. The Morgan fingerprint density at radius 1 is 1.15 bits per heavy atom. The Labute approximate surface area is 167 Å². The number of benzene rings is 2. The minimum Gasteiger partial charge on any atom is -0.372 e. The maximum Gasteiger partial charge on any atom is 0.254 e. The number of carbonyl (C=O) groups excluding carboxylic acids is 1. The van der Waals surface area contributed by atoms with E-state index in [9.17, 15) is 4.79 Å². The van der Waals surface area contributed by atoms with Gasteiger partial charge in [-0.05, 0) is 43.7 Å². The summed E-state index contributed by atoms with van der Waals surface area (Å²) in [6.45, 7) is 5.33. The van der Waals surface area contributed by atoms with E-state index < -0.39 is 0 Å². The van der Waals surface area contributed by atoms with Gasteiger partial charge in [0, 0.05) is 24.4 Å². The Morgan fingerprint density at radius 3 is 2.56 bits per heavy atom. The van der Waals surface area contributed by atoms with Gasteiger partial charge in [0.25, 0.3) is 5.91 Å². The molecule has 2 unspecified atom stereocenters. The van der Waals surface area contributed by atoms with E-state index in [-0.39, 0.29) is 18.1 Å². The molecule has 0 saturated carbocycles. The number of amides is 1. The van der Waals surface area contributed by atoms with Crippen LogP contribution in [0.1, 0.15) is 29.8 Å². The van der Waals surface area contributed by atoms with Crippen molar-refractivity contribution in [1.29, 1.82) is 0 Å². The van der Waals surface area contributed by atoms with Crippen molar-refractivity contribution in [2.45, 2.75) is 36.1 Å². The first kappa shape index (κ1) is 18.5. The van der Waals surface area contributed by atoms with Crippen molar-refractivity contribution in [3.8, 4) is 0 Å². The summed E-state index contributed by atoms with van der Waals surface area (Å²) in [4.78, 5) is 19.3. The van der Waals surface area contributed by atoms with Gasteiger partial charge in [0.05, 0.1) is 22.4 Å². The third-order valence-corrected chi connectivity index (χ3v) is 6.79. The SMILES string of the molecule is CC1CN(C(=O)c2ccc(CSc3nc4ccccc4s3)cc2)CC(C)O1. The van der Waals surface area contributed by atoms with Gasteiger partial charge in [0.2, 0.25) is 0 Å². The molecule has 3 aromatic rings. The summed E-state index contributed by atoms with van der Waals surface area (Å²) < 4.78 is 8.01. The molecule has 140 valence electrons. The highest BCUT2D eigenvalue weighted by Gasteiger charge is 2.26. The molecule has 2 atom stereocenters. The van der Waals surface area contributed by atoms with Gasteiger partial charge < -0.3 is 9.64 Å². The lowest BCUT2D eigenvalue weighted by Crippen LogP contribution is -2.48. The number of hydrogen-bond acceptors (Lipinski definition) is 5.